The van der Waals surface area contributed by atoms with Gasteiger partial charge in [0.2, 0.25) is 0 Å². The Kier molecular flexibility index (Phi) is 4.84. The molecule has 0 saturated heterocycles. The monoisotopic (exact) mass is 337 g/mol. The van der Waals surface area contributed by atoms with E-state index in [0.29, 0.717) is 12.0 Å². The van der Waals surface area contributed by atoms with Gasteiger partial charge in [0.15, 0.2) is 0 Å². The van der Waals surface area contributed by atoms with Crippen LogP contribution in [0.2, 0.25) is 0 Å². The highest BCUT2D eigenvalue weighted by molar-refractivity contribution is 9.10. The maximum atomic E-state index is 13.6. The molecule has 2 rings (SSSR count). The number of hydrogen-bond donors (Lipinski definition) is 1. The third-order valence-electron chi connectivity index (χ3n) is 3.02. The Morgan fingerprint density at radius 3 is 2.70 bits per heavy atom. The minimum atomic E-state index is -0.937. The predicted octanol–water partition coefficient (Wildman–Crippen LogP) is 3.47. The molecule has 1 N–H and O–H groups in total. The van der Waals surface area contributed by atoms with Crippen molar-refractivity contribution in [3.8, 4) is 0 Å². The Morgan fingerprint density at radius 1 is 1.30 bits per heavy atom. The van der Waals surface area contributed by atoms with Crippen LogP contribution in [-0.4, -0.2) is 16.1 Å². The van der Waals surface area contributed by atoms with Crippen molar-refractivity contribution in [1.29, 1.82) is 0 Å². The van der Waals surface area contributed by atoms with Crippen LogP contribution >= 0.6 is 15.9 Å². The van der Waals surface area contributed by atoms with Gasteiger partial charge < -0.3 is 5.11 Å². The molecule has 1 heterocycles. The zero-order valence-corrected chi connectivity index (χ0v) is 12.2. The molecule has 0 spiro atoms. The number of carboxylic acids is 1. The molecule has 20 heavy (non-hydrogen) atoms. The van der Waals surface area contributed by atoms with Crippen LogP contribution in [0.15, 0.2) is 47.2 Å². The number of hydrogen-bond acceptors (Lipinski definition) is 2. The number of aromatic nitrogens is 1. The van der Waals surface area contributed by atoms with Gasteiger partial charge in [0.25, 0.3) is 0 Å². The van der Waals surface area contributed by atoms with E-state index < -0.39 is 11.9 Å². The van der Waals surface area contributed by atoms with E-state index in [1.165, 1.54) is 6.07 Å². The van der Waals surface area contributed by atoms with Gasteiger partial charge >= 0.3 is 5.97 Å². The van der Waals surface area contributed by atoms with E-state index in [2.05, 4.69) is 20.9 Å². The Morgan fingerprint density at radius 2 is 2.05 bits per heavy atom. The number of benzene rings is 1. The minimum absolute atomic E-state index is 0.161. The van der Waals surface area contributed by atoms with Gasteiger partial charge in [0.1, 0.15) is 5.82 Å². The number of pyridine rings is 1. The summed E-state index contributed by atoms with van der Waals surface area (Å²) in [5.74, 6) is -1.98. The van der Waals surface area contributed by atoms with E-state index in [1.807, 2.05) is 6.07 Å². The predicted molar refractivity (Wildman–Crippen MR) is 76.9 cm³/mol. The fourth-order valence-electron chi connectivity index (χ4n) is 2.03. The molecule has 0 aliphatic rings. The molecule has 0 aliphatic carbocycles. The second-order valence-electron chi connectivity index (χ2n) is 4.55. The molecule has 5 heteroatoms. The lowest BCUT2D eigenvalue weighted by molar-refractivity contribution is -0.141. The van der Waals surface area contributed by atoms with E-state index >= 15 is 0 Å². The van der Waals surface area contributed by atoms with E-state index in [4.69, 9.17) is 0 Å². The first-order valence-corrected chi connectivity index (χ1v) is 6.91. The average molecular weight is 338 g/mol. The summed E-state index contributed by atoms with van der Waals surface area (Å²) in [6.45, 7) is 0. The lowest BCUT2D eigenvalue weighted by Gasteiger charge is -2.13. The third-order valence-corrected chi connectivity index (χ3v) is 3.45. The van der Waals surface area contributed by atoms with Gasteiger partial charge in [-0.15, -0.1) is 0 Å². The van der Waals surface area contributed by atoms with Crippen LogP contribution in [-0.2, 0) is 17.6 Å². The average Bonchev–Trinajstić information content (AvgIpc) is 2.40. The highest BCUT2D eigenvalue weighted by Gasteiger charge is 2.20. The number of halogens is 2. The topological polar surface area (TPSA) is 50.2 Å². The summed E-state index contributed by atoms with van der Waals surface area (Å²) in [5, 5.41) is 9.30. The first-order chi connectivity index (χ1) is 9.56. The molecule has 1 unspecified atom stereocenters. The number of carboxylic acid groups (broad SMARTS) is 1. The fourth-order valence-corrected chi connectivity index (χ4v) is 2.44. The molecule has 1 aromatic heterocycles. The van der Waals surface area contributed by atoms with Crippen molar-refractivity contribution in [2.75, 3.05) is 0 Å². The van der Waals surface area contributed by atoms with Crippen LogP contribution < -0.4 is 0 Å². The van der Waals surface area contributed by atoms with Crippen molar-refractivity contribution < 1.29 is 14.3 Å². The minimum Gasteiger partial charge on any atom is -0.481 e. The van der Waals surface area contributed by atoms with Crippen molar-refractivity contribution in [3.05, 3.63) is 64.1 Å². The van der Waals surface area contributed by atoms with E-state index in [9.17, 15) is 14.3 Å². The SMILES string of the molecule is O=C(O)C(Cc1cncc(Br)c1)Cc1ccccc1F. The Hall–Kier alpha value is -1.75. The summed E-state index contributed by atoms with van der Waals surface area (Å²) in [7, 11) is 0. The molecule has 1 atom stereocenters. The zero-order chi connectivity index (χ0) is 14.5. The van der Waals surface area contributed by atoms with Crippen LogP contribution in [0.1, 0.15) is 11.1 Å². The van der Waals surface area contributed by atoms with Gasteiger partial charge in [-0.2, -0.15) is 0 Å². The second-order valence-corrected chi connectivity index (χ2v) is 5.46. The van der Waals surface area contributed by atoms with Crippen molar-refractivity contribution in [1.82, 2.24) is 4.98 Å². The summed E-state index contributed by atoms with van der Waals surface area (Å²) < 4.78 is 14.4. The summed E-state index contributed by atoms with van der Waals surface area (Å²) in [5.41, 5.74) is 1.23. The smallest absolute Gasteiger partial charge is 0.307 e. The first-order valence-electron chi connectivity index (χ1n) is 6.12. The maximum absolute atomic E-state index is 13.6. The standard InChI is InChI=1S/C15H13BrFNO2/c16-13-6-10(8-18-9-13)5-12(15(19)20)7-11-3-1-2-4-14(11)17/h1-4,6,8-9,12H,5,7H2,(H,19,20). The number of rotatable bonds is 5. The molecule has 0 saturated carbocycles. The van der Waals surface area contributed by atoms with Crippen molar-refractivity contribution in [3.63, 3.8) is 0 Å². The Bertz CT molecular complexity index is 618. The molecule has 1 aromatic carbocycles. The summed E-state index contributed by atoms with van der Waals surface area (Å²) in [6.07, 6.45) is 3.74. The van der Waals surface area contributed by atoms with Gasteiger partial charge in [-0.05, 0) is 52.0 Å². The van der Waals surface area contributed by atoms with Gasteiger partial charge in [-0.1, -0.05) is 18.2 Å². The Labute approximate surface area is 124 Å². The van der Waals surface area contributed by atoms with Gasteiger partial charge in [0, 0.05) is 16.9 Å². The van der Waals surface area contributed by atoms with E-state index in [1.54, 1.807) is 30.6 Å². The molecular formula is C15H13BrFNO2. The van der Waals surface area contributed by atoms with Crippen LogP contribution in [0.5, 0.6) is 0 Å². The molecule has 0 bridgehead atoms. The maximum Gasteiger partial charge on any atom is 0.307 e. The van der Waals surface area contributed by atoms with Gasteiger partial charge in [-0.25, -0.2) is 4.39 Å². The fraction of sp³-hybridized carbons (Fsp3) is 0.200. The van der Waals surface area contributed by atoms with Gasteiger partial charge in [0.05, 0.1) is 5.92 Å². The van der Waals surface area contributed by atoms with Crippen molar-refractivity contribution in [2.24, 2.45) is 5.92 Å². The van der Waals surface area contributed by atoms with Crippen LogP contribution in [0.4, 0.5) is 4.39 Å². The molecular weight excluding hydrogens is 325 g/mol. The quantitative estimate of drug-likeness (QED) is 0.908. The van der Waals surface area contributed by atoms with Crippen molar-refractivity contribution in [2.45, 2.75) is 12.8 Å². The zero-order valence-electron chi connectivity index (χ0n) is 10.6. The normalized spacial score (nSPS) is 12.1. The number of nitrogens with zero attached hydrogens (tertiary/aromatic N) is 1. The molecule has 104 valence electrons. The van der Waals surface area contributed by atoms with Crippen LogP contribution in [0, 0.1) is 11.7 Å². The number of aliphatic carboxylic acids is 1. The molecule has 0 radical (unpaired) electrons. The molecule has 2 aromatic rings. The van der Waals surface area contributed by atoms with E-state index in [0.717, 1.165) is 10.0 Å². The number of carbonyl (C=O) groups is 1. The van der Waals surface area contributed by atoms with Crippen LogP contribution in [0.25, 0.3) is 0 Å². The first kappa shape index (κ1) is 14.7. The lowest BCUT2D eigenvalue weighted by Crippen LogP contribution is -2.19. The van der Waals surface area contributed by atoms with Crippen LogP contribution in [0.3, 0.4) is 0 Å². The largest absolute Gasteiger partial charge is 0.481 e. The van der Waals surface area contributed by atoms with E-state index in [-0.39, 0.29) is 12.2 Å². The highest BCUT2D eigenvalue weighted by Crippen LogP contribution is 2.19. The summed E-state index contributed by atoms with van der Waals surface area (Å²) in [6, 6.07) is 8.08. The second kappa shape index (κ2) is 6.61. The molecule has 3 nitrogen and oxygen atoms in total. The molecule has 0 amide bonds. The highest BCUT2D eigenvalue weighted by atomic mass is 79.9. The Balaban J connectivity index is 2.16. The van der Waals surface area contributed by atoms with Gasteiger partial charge in [-0.3, -0.25) is 9.78 Å². The summed E-state index contributed by atoms with van der Waals surface area (Å²) >= 11 is 3.30. The molecule has 0 fully saturated rings. The third kappa shape index (κ3) is 3.87. The molecule has 0 aliphatic heterocycles. The van der Waals surface area contributed by atoms with Crippen molar-refractivity contribution >= 4 is 21.9 Å². The lowest BCUT2D eigenvalue weighted by atomic mass is 9.93. The summed E-state index contributed by atoms with van der Waals surface area (Å²) in [4.78, 5) is 15.4.